The molecule has 2 aromatic rings. The molecule has 0 spiro atoms. The van der Waals surface area contributed by atoms with Crippen LogP contribution in [0.15, 0.2) is 66.7 Å². The molecule has 0 bridgehead atoms. The largest absolute Gasteiger partial charge is 0.462 e. The average molecular weight is 252 g/mol. The second-order valence-corrected chi connectivity index (χ2v) is 4.10. The summed E-state index contributed by atoms with van der Waals surface area (Å²) < 4.78 is 5.18. The number of carbonyl (C=O) groups excluding carboxylic acids is 1. The highest BCUT2D eigenvalue weighted by molar-refractivity contribution is 5.89. The van der Waals surface area contributed by atoms with Crippen LogP contribution in [-0.2, 0) is 4.74 Å². The van der Waals surface area contributed by atoms with Gasteiger partial charge >= 0.3 is 5.97 Å². The summed E-state index contributed by atoms with van der Waals surface area (Å²) in [6, 6.07) is 19.1. The first-order chi connectivity index (χ1) is 9.36. The van der Waals surface area contributed by atoms with Crippen LogP contribution >= 0.6 is 0 Å². The Morgan fingerprint density at radius 3 is 2.26 bits per heavy atom. The predicted octanol–water partition coefficient (Wildman–Crippen LogP) is 3.95. The number of rotatable bonds is 5. The number of ether oxygens (including phenoxy) is 1. The zero-order chi connectivity index (χ0) is 13.3. The van der Waals surface area contributed by atoms with E-state index in [0.717, 1.165) is 5.56 Å². The summed E-state index contributed by atoms with van der Waals surface area (Å²) in [6.07, 6.45) is 4.75. The van der Waals surface area contributed by atoms with Crippen LogP contribution in [0.3, 0.4) is 0 Å². The van der Waals surface area contributed by atoms with E-state index in [9.17, 15) is 4.79 Å². The van der Waals surface area contributed by atoms with E-state index < -0.39 is 0 Å². The van der Waals surface area contributed by atoms with Gasteiger partial charge in [-0.15, -0.1) is 0 Å². The Bertz CT molecular complexity index is 530. The van der Waals surface area contributed by atoms with E-state index in [4.69, 9.17) is 4.74 Å². The van der Waals surface area contributed by atoms with Crippen molar-refractivity contribution >= 4 is 12.0 Å². The maximum Gasteiger partial charge on any atom is 0.338 e. The molecule has 0 N–H and O–H groups in total. The topological polar surface area (TPSA) is 26.3 Å². The van der Waals surface area contributed by atoms with Crippen molar-refractivity contribution < 1.29 is 9.53 Å². The smallest absolute Gasteiger partial charge is 0.338 e. The molecule has 0 fully saturated rings. The van der Waals surface area contributed by atoms with Crippen LogP contribution in [-0.4, -0.2) is 12.6 Å². The Morgan fingerprint density at radius 2 is 1.58 bits per heavy atom. The van der Waals surface area contributed by atoms with Gasteiger partial charge in [0.2, 0.25) is 0 Å². The number of benzene rings is 2. The molecule has 2 rings (SSSR count). The van der Waals surface area contributed by atoms with Crippen molar-refractivity contribution in [3.63, 3.8) is 0 Å². The number of hydrogen-bond donors (Lipinski definition) is 0. The van der Waals surface area contributed by atoms with Crippen molar-refractivity contribution in [2.24, 2.45) is 0 Å². The first kappa shape index (κ1) is 13.1. The third kappa shape index (κ3) is 4.43. The normalized spacial score (nSPS) is 10.5. The lowest BCUT2D eigenvalue weighted by Crippen LogP contribution is -2.05. The van der Waals surface area contributed by atoms with Gasteiger partial charge in [-0.1, -0.05) is 60.7 Å². The summed E-state index contributed by atoms with van der Waals surface area (Å²) in [5.41, 5.74) is 1.74. The summed E-state index contributed by atoms with van der Waals surface area (Å²) >= 11 is 0. The van der Waals surface area contributed by atoms with Gasteiger partial charge in [0.05, 0.1) is 12.2 Å². The van der Waals surface area contributed by atoms with Gasteiger partial charge in [-0.3, -0.25) is 0 Å². The fourth-order valence-corrected chi connectivity index (χ4v) is 1.66. The molecule has 19 heavy (non-hydrogen) atoms. The predicted molar refractivity (Wildman–Crippen MR) is 76.8 cm³/mol. The van der Waals surface area contributed by atoms with Crippen molar-refractivity contribution in [2.45, 2.75) is 6.42 Å². The van der Waals surface area contributed by atoms with Crippen molar-refractivity contribution in [1.82, 2.24) is 0 Å². The maximum absolute atomic E-state index is 11.6. The van der Waals surface area contributed by atoms with Crippen molar-refractivity contribution in [2.75, 3.05) is 6.61 Å². The molecule has 0 saturated heterocycles. The molecule has 0 aliphatic carbocycles. The Morgan fingerprint density at radius 1 is 0.947 bits per heavy atom. The minimum Gasteiger partial charge on any atom is -0.462 e. The minimum absolute atomic E-state index is 0.270. The maximum atomic E-state index is 11.6. The van der Waals surface area contributed by atoms with Crippen LogP contribution in [0, 0.1) is 0 Å². The number of esters is 1. The van der Waals surface area contributed by atoms with Gasteiger partial charge in [-0.2, -0.15) is 0 Å². The second-order valence-electron chi connectivity index (χ2n) is 4.10. The highest BCUT2D eigenvalue weighted by atomic mass is 16.5. The van der Waals surface area contributed by atoms with E-state index in [-0.39, 0.29) is 5.97 Å². The van der Waals surface area contributed by atoms with E-state index >= 15 is 0 Å². The van der Waals surface area contributed by atoms with E-state index in [1.54, 1.807) is 12.1 Å². The van der Waals surface area contributed by atoms with Gasteiger partial charge in [-0.05, 0) is 24.1 Å². The van der Waals surface area contributed by atoms with Crippen LogP contribution in [0.2, 0.25) is 0 Å². The first-order valence-electron chi connectivity index (χ1n) is 6.30. The molecule has 0 saturated carbocycles. The van der Waals surface area contributed by atoms with Crippen LogP contribution < -0.4 is 0 Å². The van der Waals surface area contributed by atoms with Gasteiger partial charge in [0, 0.05) is 0 Å². The van der Waals surface area contributed by atoms with Gasteiger partial charge in [0.15, 0.2) is 0 Å². The number of hydrogen-bond acceptors (Lipinski definition) is 2. The summed E-state index contributed by atoms with van der Waals surface area (Å²) in [5.74, 6) is -0.270. The van der Waals surface area contributed by atoms with E-state index in [1.807, 2.05) is 60.7 Å². The van der Waals surface area contributed by atoms with E-state index in [2.05, 4.69) is 0 Å². The molecule has 0 radical (unpaired) electrons. The molecule has 2 nitrogen and oxygen atoms in total. The lowest BCUT2D eigenvalue weighted by Gasteiger charge is -2.02. The Balaban J connectivity index is 1.73. The van der Waals surface area contributed by atoms with Gasteiger partial charge < -0.3 is 4.74 Å². The lowest BCUT2D eigenvalue weighted by molar-refractivity contribution is 0.0512. The summed E-state index contributed by atoms with van der Waals surface area (Å²) in [4.78, 5) is 11.6. The highest BCUT2D eigenvalue weighted by Gasteiger charge is 2.03. The molecule has 96 valence electrons. The highest BCUT2D eigenvalue weighted by Crippen LogP contribution is 2.04. The summed E-state index contributed by atoms with van der Waals surface area (Å²) in [7, 11) is 0. The van der Waals surface area contributed by atoms with Crippen molar-refractivity contribution in [3.05, 3.63) is 77.9 Å². The van der Waals surface area contributed by atoms with Crippen LogP contribution in [0.1, 0.15) is 22.3 Å². The number of carbonyl (C=O) groups is 1. The summed E-state index contributed by atoms with van der Waals surface area (Å²) in [6.45, 7) is 0.400. The molecular weight excluding hydrogens is 236 g/mol. The lowest BCUT2D eigenvalue weighted by atomic mass is 10.2. The molecule has 0 atom stereocenters. The molecule has 2 aromatic carbocycles. The Hall–Kier alpha value is -2.35. The molecular formula is C17H16O2. The fourth-order valence-electron chi connectivity index (χ4n) is 1.66. The molecule has 0 aliphatic heterocycles. The monoisotopic (exact) mass is 252 g/mol. The van der Waals surface area contributed by atoms with E-state index in [0.29, 0.717) is 18.6 Å². The van der Waals surface area contributed by atoms with E-state index in [1.165, 1.54) is 0 Å². The van der Waals surface area contributed by atoms with Crippen LogP contribution in [0.5, 0.6) is 0 Å². The fraction of sp³-hybridized carbons (Fsp3) is 0.118. The molecule has 2 heteroatoms. The standard InChI is InChI=1S/C17H16O2/c18-17(16-12-5-2-6-13-16)19-14-8-7-11-15-9-3-1-4-10-15/h1-7,9-13H,8,14H2. The molecule has 0 unspecified atom stereocenters. The minimum atomic E-state index is -0.270. The van der Waals surface area contributed by atoms with Gasteiger partial charge in [0.25, 0.3) is 0 Å². The third-order valence-corrected chi connectivity index (χ3v) is 2.64. The SMILES string of the molecule is O=C(OCCC=Cc1ccccc1)c1ccccc1. The van der Waals surface area contributed by atoms with Gasteiger partial charge in [0.1, 0.15) is 0 Å². The van der Waals surface area contributed by atoms with Crippen molar-refractivity contribution in [3.8, 4) is 0 Å². The molecule has 0 aliphatic rings. The van der Waals surface area contributed by atoms with Gasteiger partial charge in [-0.25, -0.2) is 4.79 Å². The van der Waals surface area contributed by atoms with Crippen molar-refractivity contribution in [1.29, 1.82) is 0 Å². The zero-order valence-corrected chi connectivity index (χ0v) is 10.7. The Kier molecular flexibility index (Phi) is 4.94. The Labute approximate surface area is 113 Å². The third-order valence-electron chi connectivity index (χ3n) is 2.64. The zero-order valence-electron chi connectivity index (χ0n) is 10.7. The van der Waals surface area contributed by atoms with Crippen LogP contribution in [0.4, 0.5) is 0 Å². The first-order valence-corrected chi connectivity index (χ1v) is 6.30. The molecule has 0 amide bonds. The quantitative estimate of drug-likeness (QED) is 0.595. The second kappa shape index (κ2) is 7.17. The molecule has 0 aromatic heterocycles. The molecule has 0 heterocycles. The summed E-state index contributed by atoms with van der Waals surface area (Å²) in [5, 5.41) is 0. The average Bonchev–Trinajstić information content (AvgIpc) is 2.49. The van der Waals surface area contributed by atoms with Crippen LogP contribution in [0.25, 0.3) is 6.08 Å².